The molecule has 2 aromatic rings. The van der Waals surface area contributed by atoms with Crippen LogP contribution in [0.4, 0.5) is 30.6 Å². The summed E-state index contributed by atoms with van der Waals surface area (Å²) in [5, 5.41) is 6.11. The van der Waals surface area contributed by atoms with Gasteiger partial charge >= 0.3 is 0 Å². The van der Waals surface area contributed by atoms with Gasteiger partial charge in [-0.15, -0.1) is 0 Å². The van der Waals surface area contributed by atoms with Gasteiger partial charge in [0.15, 0.2) is 23.2 Å². The summed E-state index contributed by atoms with van der Waals surface area (Å²) in [7, 11) is 1.81. The number of ether oxygens (including phenoxy) is 1. The van der Waals surface area contributed by atoms with Crippen LogP contribution in [0.5, 0.6) is 5.75 Å². The van der Waals surface area contributed by atoms with Crippen molar-refractivity contribution < 1.29 is 22.7 Å². The van der Waals surface area contributed by atoms with Crippen LogP contribution in [0.1, 0.15) is 25.5 Å². The normalized spacial score (nSPS) is 22.8. The number of hydrogen-bond donors (Lipinski definition) is 2. The molecule has 4 rings (SSSR count). The highest BCUT2D eigenvalue weighted by Gasteiger charge is 2.33. The first kappa shape index (κ1) is 20.2. The maximum atomic E-state index is 13.7. The average molecular weight is 421 g/mol. The molecule has 7 nitrogen and oxygen atoms in total. The maximum Gasteiger partial charge on any atom is 0.246 e. The van der Waals surface area contributed by atoms with Gasteiger partial charge in [-0.25, -0.2) is 13.8 Å². The third-order valence-corrected chi connectivity index (χ3v) is 5.66. The summed E-state index contributed by atoms with van der Waals surface area (Å²) in [5.74, 6) is -3.20. The number of benzene rings is 1. The van der Waals surface area contributed by atoms with Crippen LogP contribution in [0.3, 0.4) is 0 Å². The van der Waals surface area contributed by atoms with Gasteiger partial charge in [-0.2, -0.15) is 9.37 Å². The molecule has 1 amide bonds. The van der Waals surface area contributed by atoms with Crippen molar-refractivity contribution in [2.45, 2.75) is 38.8 Å². The first-order valence-corrected chi connectivity index (χ1v) is 9.69. The Morgan fingerprint density at radius 1 is 1.23 bits per heavy atom. The molecular weight excluding hydrogens is 399 g/mol. The zero-order valence-electron chi connectivity index (χ0n) is 16.8. The van der Waals surface area contributed by atoms with Crippen LogP contribution in [0.2, 0.25) is 0 Å². The molecule has 2 N–H and O–H groups in total. The van der Waals surface area contributed by atoms with Crippen molar-refractivity contribution in [3.8, 4) is 5.75 Å². The molecule has 10 heteroatoms. The molecule has 30 heavy (non-hydrogen) atoms. The molecule has 1 aliphatic carbocycles. The maximum absolute atomic E-state index is 13.7. The Kier molecular flexibility index (Phi) is 5.17. The largest absolute Gasteiger partial charge is 0.490 e. The van der Waals surface area contributed by atoms with Gasteiger partial charge in [0.1, 0.15) is 11.7 Å². The lowest BCUT2D eigenvalue weighted by Crippen LogP contribution is -2.45. The molecule has 2 aliphatic rings. The summed E-state index contributed by atoms with van der Waals surface area (Å²) in [6, 6.07) is 1.71. The minimum Gasteiger partial charge on any atom is -0.490 e. The Bertz CT molecular complexity index is 997. The van der Waals surface area contributed by atoms with Gasteiger partial charge in [0, 0.05) is 13.1 Å². The summed E-state index contributed by atoms with van der Waals surface area (Å²) < 4.78 is 45.2. The molecule has 0 saturated heterocycles. The van der Waals surface area contributed by atoms with Gasteiger partial charge < -0.3 is 20.3 Å². The van der Waals surface area contributed by atoms with Gasteiger partial charge in [-0.3, -0.25) is 4.79 Å². The molecule has 0 bridgehead atoms. The number of halogens is 3. The fourth-order valence-electron chi connectivity index (χ4n) is 3.61. The number of likely N-dealkylation sites (N-methyl/N-ethyl adjacent to an activating group) is 1. The third kappa shape index (κ3) is 3.61. The molecule has 0 unspecified atom stereocenters. The number of carbonyl (C=O) groups is 1. The summed E-state index contributed by atoms with van der Waals surface area (Å²) in [4.78, 5) is 22.8. The van der Waals surface area contributed by atoms with E-state index < -0.39 is 17.5 Å². The van der Waals surface area contributed by atoms with E-state index in [-0.39, 0.29) is 36.3 Å². The van der Waals surface area contributed by atoms with Gasteiger partial charge in [0.05, 0.1) is 12.3 Å². The average Bonchev–Trinajstić information content (AvgIpc) is 2.68. The number of nitrogens with one attached hydrogen (secondary N) is 2. The minimum absolute atomic E-state index is 0.100. The van der Waals surface area contributed by atoms with E-state index in [0.717, 1.165) is 25.0 Å². The molecule has 1 aromatic carbocycles. The summed E-state index contributed by atoms with van der Waals surface area (Å²) >= 11 is 0. The number of aryl methyl sites for hydroxylation is 1. The number of nitrogens with zero attached hydrogens (tertiary/aromatic N) is 3. The number of rotatable bonds is 5. The number of amides is 1. The van der Waals surface area contributed by atoms with Crippen LogP contribution in [0.25, 0.3) is 0 Å². The second-order valence-corrected chi connectivity index (χ2v) is 7.77. The van der Waals surface area contributed by atoms with Crippen molar-refractivity contribution in [3.63, 3.8) is 0 Å². The van der Waals surface area contributed by atoms with Gasteiger partial charge in [0.25, 0.3) is 0 Å². The molecule has 1 fully saturated rings. The highest BCUT2D eigenvalue weighted by Crippen LogP contribution is 2.35. The van der Waals surface area contributed by atoms with E-state index >= 15 is 0 Å². The second kappa shape index (κ2) is 7.66. The topological polar surface area (TPSA) is 79.4 Å². The van der Waals surface area contributed by atoms with Crippen LogP contribution in [0, 0.1) is 30.3 Å². The van der Waals surface area contributed by atoms with Gasteiger partial charge in [-0.1, -0.05) is 0 Å². The van der Waals surface area contributed by atoms with Crippen LogP contribution in [-0.2, 0) is 4.79 Å². The summed E-state index contributed by atoms with van der Waals surface area (Å²) in [5.41, 5.74) is 1.28. The first-order valence-electron chi connectivity index (χ1n) is 9.69. The first-order chi connectivity index (χ1) is 14.2. The molecule has 0 spiro atoms. The Labute approximate surface area is 171 Å². The third-order valence-electron chi connectivity index (χ3n) is 5.66. The smallest absolute Gasteiger partial charge is 0.246 e. The lowest BCUT2D eigenvalue weighted by Gasteiger charge is -2.36. The molecule has 1 saturated carbocycles. The standard InChI is InChI=1S/C20H22F3N5O2/c1-9-17-18(28(3)10(2)19(29)26-17)27-20(24-9)25-12-6-11(7-12)8-30-14-5-4-13(21)15(22)16(14)23/h4-5,10-12H,6-8H2,1-3H3,(H,26,29)(H,24,25,27)/t10-,11?,12?/m0/s1. The zero-order valence-corrected chi connectivity index (χ0v) is 16.8. The van der Waals surface area contributed by atoms with E-state index in [1.165, 1.54) is 0 Å². The molecule has 2 heterocycles. The second-order valence-electron chi connectivity index (χ2n) is 7.77. The predicted molar refractivity (Wildman–Crippen MR) is 105 cm³/mol. The summed E-state index contributed by atoms with van der Waals surface area (Å²) in [6.45, 7) is 3.81. The highest BCUT2D eigenvalue weighted by molar-refractivity contribution is 6.03. The SMILES string of the molecule is Cc1nc(NC2CC(COc3ccc(F)c(F)c3F)C2)nc2c1NC(=O)[C@H](C)N2C. The molecular formula is C20H22F3N5O2. The van der Waals surface area contributed by atoms with Gasteiger partial charge in [-0.05, 0) is 44.7 Å². The Morgan fingerprint density at radius 3 is 2.70 bits per heavy atom. The fourth-order valence-corrected chi connectivity index (χ4v) is 3.61. The number of carbonyl (C=O) groups excluding carboxylic acids is 1. The lowest BCUT2D eigenvalue weighted by atomic mass is 9.81. The predicted octanol–water partition coefficient (Wildman–Crippen LogP) is 3.25. The lowest BCUT2D eigenvalue weighted by molar-refractivity contribution is -0.117. The van der Waals surface area contributed by atoms with Crippen molar-refractivity contribution >= 4 is 23.4 Å². The van der Waals surface area contributed by atoms with E-state index in [4.69, 9.17) is 4.74 Å². The Hall–Kier alpha value is -3.04. The monoisotopic (exact) mass is 421 g/mol. The zero-order chi connectivity index (χ0) is 21.6. The van der Waals surface area contributed by atoms with E-state index in [2.05, 4.69) is 20.6 Å². The van der Waals surface area contributed by atoms with Crippen LogP contribution in [0.15, 0.2) is 12.1 Å². The van der Waals surface area contributed by atoms with Crippen molar-refractivity contribution in [2.75, 3.05) is 29.2 Å². The Morgan fingerprint density at radius 2 is 1.97 bits per heavy atom. The van der Waals surface area contributed by atoms with Crippen molar-refractivity contribution in [3.05, 3.63) is 35.3 Å². The van der Waals surface area contributed by atoms with Crippen molar-refractivity contribution in [2.24, 2.45) is 5.92 Å². The Balaban J connectivity index is 1.34. The van der Waals surface area contributed by atoms with E-state index in [1.807, 2.05) is 18.9 Å². The molecule has 160 valence electrons. The van der Waals surface area contributed by atoms with E-state index in [9.17, 15) is 18.0 Å². The number of fused-ring (bicyclic) bond motifs is 1. The fraction of sp³-hybridized carbons (Fsp3) is 0.450. The van der Waals surface area contributed by atoms with E-state index in [0.29, 0.717) is 23.1 Å². The molecule has 1 aromatic heterocycles. The minimum atomic E-state index is -1.53. The van der Waals surface area contributed by atoms with Crippen LogP contribution in [-0.4, -0.2) is 41.6 Å². The number of hydrogen-bond acceptors (Lipinski definition) is 6. The van der Waals surface area contributed by atoms with Crippen molar-refractivity contribution in [1.29, 1.82) is 0 Å². The molecule has 0 radical (unpaired) electrons. The quantitative estimate of drug-likeness (QED) is 0.722. The van der Waals surface area contributed by atoms with E-state index in [1.54, 1.807) is 6.92 Å². The van der Waals surface area contributed by atoms with Crippen molar-refractivity contribution in [1.82, 2.24) is 9.97 Å². The highest BCUT2D eigenvalue weighted by atomic mass is 19.2. The van der Waals surface area contributed by atoms with Crippen LogP contribution < -0.4 is 20.3 Å². The van der Waals surface area contributed by atoms with Gasteiger partial charge in [0.2, 0.25) is 17.7 Å². The molecule has 1 aliphatic heterocycles. The van der Waals surface area contributed by atoms with Crippen LogP contribution >= 0.6 is 0 Å². The molecule has 1 atom stereocenters. The summed E-state index contributed by atoms with van der Waals surface area (Å²) in [6.07, 6.45) is 1.49. The number of aromatic nitrogens is 2. The number of anilines is 3.